The minimum absolute atomic E-state index is 0.0406. The van der Waals surface area contributed by atoms with Crippen LogP contribution in [0.1, 0.15) is 17.2 Å². The molecule has 94 valence electrons. The lowest BCUT2D eigenvalue weighted by molar-refractivity contribution is 0.761. The summed E-state index contributed by atoms with van der Waals surface area (Å²) in [5.41, 5.74) is 8.36. The quantitative estimate of drug-likeness (QED) is 0.911. The van der Waals surface area contributed by atoms with Gasteiger partial charge in [-0.15, -0.1) is 0 Å². The van der Waals surface area contributed by atoms with E-state index in [1.54, 1.807) is 0 Å². The molecule has 1 aromatic carbocycles. The topological polar surface area (TPSA) is 50.9 Å². The highest BCUT2D eigenvalue weighted by molar-refractivity contribution is 9.10. The van der Waals surface area contributed by atoms with Crippen LogP contribution in [0.2, 0.25) is 0 Å². The first-order valence-electron chi connectivity index (χ1n) is 5.83. The number of benzene rings is 1. The number of aromatic nitrogens is 1. The van der Waals surface area contributed by atoms with Gasteiger partial charge in [0.25, 0.3) is 0 Å². The SMILES string of the molecule is Cc1cnc(NCC(N)c2ccccc2)c(Br)c1. The lowest BCUT2D eigenvalue weighted by atomic mass is 10.1. The summed E-state index contributed by atoms with van der Waals surface area (Å²) in [4.78, 5) is 4.33. The summed E-state index contributed by atoms with van der Waals surface area (Å²) in [6.07, 6.45) is 1.83. The van der Waals surface area contributed by atoms with E-state index in [0.717, 1.165) is 21.4 Å². The molecule has 2 aromatic rings. The molecule has 0 aliphatic rings. The molecule has 0 spiro atoms. The highest BCUT2D eigenvalue weighted by atomic mass is 79.9. The first kappa shape index (κ1) is 13.1. The second-order valence-corrected chi connectivity index (χ2v) is 5.10. The van der Waals surface area contributed by atoms with Gasteiger partial charge in [-0.05, 0) is 40.0 Å². The van der Waals surface area contributed by atoms with E-state index in [2.05, 4.69) is 26.2 Å². The summed E-state index contributed by atoms with van der Waals surface area (Å²) >= 11 is 3.49. The van der Waals surface area contributed by atoms with Crippen molar-refractivity contribution in [3.63, 3.8) is 0 Å². The molecule has 2 rings (SSSR count). The summed E-state index contributed by atoms with van der Waals surface area (Å²) in [5, 5.41) is 3.26. The average Bonchev–Trinajstić information content (AvgIpc) is 2.38. The van der Waals surface area contributed by atoms with Gasteiger partial charge in [0, 0.05) is 18.8 Å². The van der Waals surface area contributed by atoms with Gasteiger partial charge in [0.2, 0.25) is 0 Å². The van der Waals surface area contributed by atoms with Crippen LogP contribution in [0.15, 0.2) is 47.1 Å². The summed E-state index contributed by atoms with van der Waals surface area (Å²) in [7, 11) is 0. The fourth-order valence-corrected chi connectivity index (χ4v) is 2.29. The molecule has 4 heteroatoms. The summed E-state index contributed by atoms with van der Waals surface area (Å²) in [6.45, 7) is 2.66. The Labute approximate surface area is 116 Å². The molecule has 3 N–H and O–H groups in total. The maximum atomic E-state index is 6.12. The van der Waals surface area contributed by atoms with Crippen molar-refractivity contribution in [2.75, 3.05) is 11.9 Å². The molecule has 0 aliphatic carbocycles. The highest BCUT2D eigenvalue weighted by Crippen LogP contribution is 2.21. The number of aryl methyl sites for hydroxylation is 1. The minimum atomic E-state index is -0.0406. The number of anilines is 1. The van der Waals surface area contributed by atoms with E-state index in [9.17, 15) is 0 Å². The second kappa shape index (κ2) is 5.98. The molecule has 1 aromatic heterocycles. The molecule has 1 atom stereocenters. The van der Waals surface area contributed by atoms with E-state index in [4.69, 9.17) is 5.73 Å². The Morgan fingerprint density at radius 2 is 2.06 bits per heavy atom. The van der Waals surface area contributed by atoms with Crippen molar-refractivity contribution in [2.24, 2.45) is 5.73 Å². The van der Waals surface area contributed by atoms with Crippen molar-refractivity contribution in [1.29, 1.82) is 0 Å². The normalized spacial score (nSPS) is 12.2. The number of pyridine rings is 1. The smallest absolute Gasteiger partial charge is 0.140 e. The van der Waals surface area contributed by atoms with Gasteiger partial charge >= 0.3 is 0 Å². The third kappa shape index (κ3) is 3.31. The Morgan fingerprint density at radius 1 is 1.33 bits per heavy atom. The zero-order chi connectivity index (χ0) is 13.0. The van der Waals surface area contributed by atoms with Crippen LogP contribution in [0.4, 0.5) is 5.82 Å². The number of hydrogen-bond donors (Lipinski definition) is 2. The Kier molecular flexibility index (Phi) is 4.33. The fourth-order valence-electron chi connectivity index (χ4n) is 1.69. The Balaban J connectivity index is 1.99. The molecule has 0 fully saturated rings. The van der Waals surface area contributed by atoms with Crippen molar-refractivity contribution in [3.05, 3.63) is 58.2 Å². The molecule has 3 nitrogen and oxygen atoms in total. The van der Waals surface area contributed by atoms with Crippen LogP contribution in [0.3, 0.4) is 0 Å². The van der Waals surface area contributed by atoms with Crippen molar-refractivity contribution in [2.45, 2.75) is 13.0 Å². The Morgan fingerprint density at radius 3 is 2.72 bits per heavy atom. The Bertz CT molecular complexity index is 514. The van der Waals surface area contributed by atoms with Gasteiger partial charge in [-0.2, -0.15) is 0 Å². The average molecular weight is 306 g/mol. The number of halogens is 1. The van der Waals surface area contributed by atoms with Crippen LogP contribution < -0.4 is 11.1 Å². The first-order chi connectivity index (χ1) is 8.66. The third-order valence-electron chi connectivity index (χ3n) is 2.70. The van der Waals surface area contributed by atoms with Gasteiger partial charge in [-0.25, -0.2) is 4.98 Å². The van der Waals surface area contributed by atoms with Gasteiger partial charge in [-0.3, -0.25) is 0 Å². The zero-order valence-corrected chi connectivity index (χ0v) is 11.8. The summed E-state index contributed by atoms with van der Waals surface area (Å²) in [6, 6.07) is 12.0. The second-order valence-electron chi connectivity index (χ2n) is 4.24. The molecule has 0 radical (unpaired) electrons. The van der Waals surface area contributed by atoms with Gasteiger partial charge in [0.05, 0.1) is 4.47 Å². The molecule has 0 amide bonds. The van der Waals surface area contributed by atoms with E-state index in [1.807, 2.05) is 49.5 Å². The van der Waals surface area contributed by atoms with Gasteiger partial charge in [0.15, 0.2) is 0 Å². The number of nitrogens with one attached hydrogen (secondary N) is 1. The molecule has 0 saturated carbocycles. The first-order valence-corrected chi connectivity index (χ1v) is 6.62. The summed E-state index contributed by atoms with van der Waals surface area (Å²) < 4.78 is 0.961. The van der Waals surface area contributed by atoms with E-state index < -0.39 is 0 Å². The number of rotatable bonds is 4. The highest BCUT2D eigenvalue weighted by Gasteiger charge is 2.07. The summed E-state index contributed by atoms with van der Waals surface area (Å²) in [5.74, 6) is 0.826. The number of hydrogen-bond acceptors (Lipinski definition) is 3. The van der Waals surface area contributed by atoms with Crippen LogP contribution in [0.25, 0.3) is 0 Å². The van der Waals surface area contributed by atoms with E-state index in [-0.39, 0.29) is 6.04 Å². The molecular weight excluding hydrogens is 290 g/mol. The molecular formula is C14H16BrN3. The molecule has 0 saturated heterocycles. The van der Waals surface area contributed by atoms with E-state index in [1.165, 1.54) is 0 Å². The van der Waals surface area contributed by atoms with Crippen molar-refractivity contribution >= 4 is 21.7 Å². The van der Waals surface area contributed by atoms with Crippen molar-refractivity contribution in [3.8, 4) is 0 Å². The van der Waals surface area contributed by atoms with E-state index in [0.29, 0.717) is 6.54 Å². The monoisotopic (exact) mass is 305 g/mol. The van der Waals surface area contributed by atoms with Crippen LogP contribution in [-0.2, 0) is 0 Å². The predicted octanol–water partition coefficient (Wildman–Crippen LogP) is 3.26. The lowest BCUT2D eigenvalue weighted by Crippen LogP contribution is -2.21. The Hall–Kier alpha value is -1.39. The van der Waals surface area contributed by atoms with Crippen LogP contribution in [0, 0.1) is 6.92 Å². The van der Waals surface area contributed by atoms with Crippen LogP contribution in [0.5, 0.6) is 0 Å². The van der Waals surface area contributed by atoms with E-state index >= 15 is 0 Å². The molecule has 18 heavy (non-hydrogen) atoms. The van der Waals surface area contributed by atoms with Crippen LogP contribution in [-0.4, -0.2) is 11.5 Å². The number of nitrogens with two attached hydrogens (primary N) is 1. The molecule has 1 heterocycles. The predicted molar refractivity (Wildman–Crippen MR) is 78.5 cm³/mol. The van der Waals surface area contributed by atoms with Crippen molar-refractivity contribution in [1.82, 2.24) is 4.98 Å². The maximum Gasteiger partial charge on any atom is 0.140 e. The lowest BCUT2D eigenvalue weighted by Gasteiger charge is -2.14. The van der Waals surface area contributed by atoms with Crippen LogP contribution >= 0.6 is 15.9 Å². The molecule has 1 unspecified atom stereocenters. The third-order valence-corrected chi connectivity index (χ3v) is 3.30. The maximum absolute atomic E-state index is 6.12. The number of nitrogens with zero attached hydrogens (tertiary/aromatic N) is 1. The van der Waals surface area contributed by atoms with Crippen molar-refractivity contribution < 1.29 is 0 Å². The molecule has 0 aliphatic heterocycles. The van der Waals surface area contributed by atoms with Gasteiger partial charge in [0.1, 0.15) is 5.82 Å². The fraction of sp³-hybridized carbons (Fsp3) is 0.214. The van der Waals surface area contributed by atoms with Gasteiger partial charge in [-0.1, -0.05) is 30.3 Å². The minimum Gasteiger partial charge on any atom is -0.367 e. The zero-order valence-electron chi connectivity index (χ0n) is 10.2. The largest absolute Gasteiger partial charge is 0.367 e. The molecule has 0 bridgehead atoms. The standard InChI is InChI=1S/C14H16BrN3/c1-10-7-12(15)14(17-8-10)18-9-13(16)11-5-3-2-4-6-11/h2-8,13H,9,16H2,1H3,(H,17,18). The van der Waals surface area contributed by atoms with Gasteiger partial charge < -0.3 is 11.1 Å².